The molecule has 1 saturated heterocycles. The molecule has 0 radical (unpaired) electrons. The molecule has 0 bridgehead atoms. The number of amides is 2. The number of non-ortho nitro benzene ring substituents is 1. The number of nitrogens with zero attached hydrogens (tertiary/aromatic N) is 5. The largest absolute Gasteiger partial charge is 0.496 e. The van der Waals surface area contributed by atoms with E-state index in [-0.39, 0.29) is 34.4 Å². The van der Waals surface area contributed by atoms with Gasteiger partial charge in [-0.2, -0.15) is 10.1 Å². The molecule has 0 aromatic heterocycles. The van der Waals surface area contributed by atoms with Crippen LogP contribution in [-0.2, 0) is 9.59 Å². The Kier molecular flexibility index (Phi) is 8.72. The molecule has 1 unspecified atom stereocenters. The Bertz CT molecular complexity index is 1610. The third-order valence-corrected chi connectivity index (χ3v) is 7.28. The number of benzene rings is 3. The lowest BCUT2D eigenvalue weighted by Crippen LogP contribution is -2.29. The molecule has 1 aliphatic rings. The predicted molar refractivity (Wildman–Crippen MR) is 155 cm³/mol. The van der Waals surface area contributed by atoms with E-state index in [0.29, 0.717) is 11.3 Å². The second kappa shape index (κ2) is 12.4. The van der Waals surface area contributed by atoms with Gasteiger partial charge in [-0.05, 0) is 43.2 Å². The van der Waals surface area contributed by atoms with Gasteiger partial charge in [0, 0.05) is 24.1 Å². The van der Waals surface area contributed by atoms with Crippen molar-refractivity contribution in [3.8, 4) is 5.75 Å². The fourth-order valence-electron chi connectivity index (χ4n) is 3.83. The minimum atomic E-state index is -0.932. The van der Waals surface area contributed by atoms with E-state index in [1.54, 1.807) is 12.1 Å². The molecule has 1 heterocycles. The molecule has 2 amide bonds. The number of anilines is 1. The van der Waals surface area contributed by atoms with Gasteiger partial charge in [-0.25, -0.2) is 4.99 Å². The van der Waals surface area contributed by atoms with E-state index in [1.165, 1.54) is 49.7 Å². The molecule has 14 heteroatoms. The summed E-state index contributed by atoms with van der Waals surface area (Å²) in [6.45, 7) is 3.81. The molecule has 0 spiro atoms. The number of aryl methyl sites for hydroxylation is 1. The average molecular weight is 577 g/mol. The first-order valence-corrected chi connectivity index (χ1v) is 13.0. The number of hydrazone groups is 1. The van der Waals surface area contributed by atoms with Crippen molar-refractivity contribution in [3.63, 3.8) is 0 Å². The summed E-state index contributed by atoms with van der Waals surface area (Å²) < 4.78 is 5.02. The van der Waals surface area contributed by atoms with Gasteiger partial charge in [-0.1, -0.05) is 36.0 Å². The lowest BCUT2D eigenvalue weighted by molar-refractivity contribution is -0.384. The third-order valence-electron chi connectivity index (χ3n) is 6.15. The number of thioether (sulfide) groups is 1. The Morgan fingerprint density at radius 1 is 1.10 bits per heavy atom. The summed E-state index contributed by atoms with van der Waals surface area (Å²) in [6.07, 6.45) is 0.981. The fourth-order valence-corrected chi connectivity index (χ4v) is 4.91. The van der Waals surface area contributed by atoms with Crippen molar-refractivity contribution in [2.24, 2.45) is 10.1 Å². The first kappa shape index (κ1) is 28.9. The number of nitro groups is 2. The van der Waals surface area contributed by atoms with E-state index >= 15 is 0 Å². The molecule has 4 rings (SSSR count). The van der Waals surface area contributed by atoms with Gasteiger partial charge in [0.1, 0.15) is 16.7 Å². The Morgan fingerprint density at radius 3 is 2.56 bits per heavy atom. The van der Waals surface area contributed by atoms with Crippen molar-refractivity contribution >= 4 is 57.7 Å². The van der Waals surface area contributed by atoms with E-state index < -0.39 is 26.9 Å². The van der Waals surface area contributed by atoms with Crippen LogP contribution in [0, 0.1) is 34.1 Å². The maximum atomic E-state index is 13.4. The first-order chi connectivity index (χ1) is 19.6. The van der Waals surface area contributed by atoms with Gasteiger partial charge in [0.2, 0.25) is 5.91 Å². The number of rotatable bonds is 9. The number of nitro benzene ring substituents is 2. The van der Waals surface area contributed by atoms with Crippen LogP contribution in [0.5, 0.6) is 5.75 Å². The minimum Gasteiger partial charge on any atom is -0.496 e. The number of amidine groups is 1. The zero-order chi connectivity index (χ0) is 29.7. The Hall–Kier alpha value is -5.11. The summed E-state index contributed by atoms with van der Waals surface area (Å²) in [5.41, 5.74) is 2.34. The smallest absolute Gasteiger partial charge is 0.296 e. The maximum absolute atomic E-state index is 13.4. The molecule has 13 nitrogen and oxygen atoms in total. The number of carbonyl (C=O) groups is 2. The van der Waals surface area contributed by atoms with Crippen molar-refractivity contribution < 1.29 is 24.2 Å². The number of nitrogens with one attached hydrogen (secondary N) is 1. The van der Waals surface area contributed by atoms with Crippen LogP contribution in [-0.4, -0.2) is 50.4 Å². The molecule has 0 aliphatic carbocycles. The van der Waals surface area contributed by atoms with Crippen molar-refractivity contribution in [1.29, 1.82) is 0 Å². The fraction of sp³-hybridized carbons (Fsp3) is 0.185. The second-order valence-electron chi connectivity index (χ2n) is 8.86. The van der Waals surface area contributed by atoms with E-state index in [0.717, 1.165) is 27.9 Å². The molecule has 3 aromatic rings. The van der Waals surface area contributed by atoms with Crippen LogP contribution in [0.25, 0.3) is 0 Å². The van der Waals surface area contributed by atoms with Gasteiger partial charge in [-0.15, -0.1) is 0 Å². The molecule has 3 aromatic carbocycles. The first-order valence-electron chi connectivity index (χ1n) is 12.1. The summed E-state index contributed by atoms with van der Waals surface area (Å²) in [5, 5.41) is 29.7. The highest BCUT2D eigenvalue weighted by atomic mass is 32.2. The van der Waals surface area contributed by atoms with Crippen LogP contribution in [0.2, 0.25) is 0 Å². The number of hydrogen-bond acceptors (Lipinski definition) is 10. The Labute approximate surface area is 238 Å². The highest BCUT2D eigenvalue weighted by Gasteiger charge is 2.40. The second-order valence-corrected chi connectivity index (χ2v) is 10.0. The molecule has 0 saturated carbocycles. The van der Waals surface area contributed by atoms with E-state index in [4.69, 9.17) is 4.74 Å². The predicted octanol–water partition coefficient (Wildman–Crippen LogP) is 5.12. The highest BCUT2D eigenvalue weighted by Crippen LogP contribution is 2.34. The number of aliphatic imine (C=N–C) groups is 1. The lowest BCUT2D eigenvalue weighted by Gasteiger charge is -2.11. The highest BCUT2D eigenvalue weighted by molar-refractivity contribution is 8.15. The molecule has 1 atom stereocenters. The normalized spacial score (nSPS) is 15.9. The van der Waals surface area contributed by atoms with Crippen LogP contribution in [0.4, 0.5) is 22.7 Å². The zero-order valence-electron chi connectivity index (χ0n) is 22.1. The standard InChI is InChI=1S/C27H24N6O7S/c1-16-6-4-9-21(17(16)2)30-27-31(28-15-18-7-5-8-19(12-18)32(36)37)26(35)24(41-27)14-25(34)29-22-11-10-20(40-3)13-23(22)33(38)39/h4-13,15,24H,14H2,1-3H3,(H,29,34). The zero-order valence-corrected chi connectivity index (χ0v) is 23.0. The molecule has 1 aliphatic heterocycles. The molecular weight excluding hydrogens is 552 g/mol. The minimum absolute atomic E-state index is 0.0407. The van der Waals surface area contributed by atoms with Crippen LogP contribution in [0.1, 0.15) is 23.1 Å². The summed E-state index contributed by atoms with van der Waals surface area (Å²) in [4.78, 5) is 52.4. The van der Waals surface area contributed by atoms with E-state index in [2.05, 4.69) is 15.4 Å². The number of hydrogen-bond donors (Lipinski definition) is 1. The van der Waals surface area contributed by atoms with Crippen LogP contribution >= 0.6 is 11.8 Å². The number of methoxy groups -OCH3 is 1. The molecule has 41 heavy (non-hydrogen) atoms. The van der Waals surface area contributed by atoms with Crippen LogP contribution in [0.3, 0.4) is 0 Å². The summed E-state index contributed by atoms with van der Waals surface area (Å²) in [6, 6.07) is 15.3. The lowest BCUT2D eigenvalue weighted by atomic mass is 10.1. The van der Waals surface area contributed by atoms with Gasteiger partial charge in [0.25, 0.3) is 17.3 Å². The molecular formula is C27H24N6O7S. The van der Waals surface area contributed by atoms with Gasteiger partial charge < -0.3 is 10.1 Å². The SMILES string of the molecule is COc1ccc(NC(=O)CC2SC(=Nc3cccc(C)c3C)N(N=Cc3cccc([N+](=O)[O-])c3)C2=O)c([N+](=O)[O-])c1. The summed E-state index contributed by atoms with van der Waals surface area (Å²) >= 11 is 1.02. The molecule has 1 N–H and O–H groups in total. The van der Waals surface area contributed by atoms with E-state index in [1.807, 2.05) is 26.0 Å². The molecule has 1 fully saturated rings. The monoisotopic (exact) mass is 576 g/mol. The van der Waals surface area contributed by atoms with Gasteiger partial charge in [0.05, 0.1) is 34.9 Å². The molecule has 210 valence electrons. The van der Waals surface area contributed by atoms with Crippen LogP contribution < -0.4 is 10.1 Å². The van der Waals surface area contributed by atoms with Gasteiger partial charge >= 0.3 is 0 Å². The quantitative estimate of drug-likeness (QED) is 0.208. The van der Waals surface area contributed by atoms with Crippen molar-refractivity contribution in [2.75, 3.05) is 12.4 Å². The summed E-state index contributed by atoms with van der Waals surface area (Å²) in [7, 11) is 1.37. The van der Waals surface area contributed by atoms with Crippen LogP contribution in [0.15, 0.2) is 70.8 Å². The Morgan fingerprint density at radius 2 is 1.85 bits per heavy atom. The Balaban J connectivity index is 1.61. The van der Waals surface area contributed by atoms with Crippen molar-refractivity contribution in [3.05, 3.63) is 97.6 Å². The number of carbonyl (C=O) groups excluding carboxylic acids is 2. The average Bonchev–Trinajstić information content (AvgIpc) is 3.23. The van der Waals surface area contributed by atoms with Crippen molar-refractivity contribution in [1.82, 2.24) is 5.01 Å². The topological polar surface area (TPSA) is 170 Å². The maximum Gasteiger partial charge on any atom is 0.296 e. The third kappa shape index (κ3) is 6.73. The summed E-state index contributed by atoms with van der Waals surface area (Å²) in [5.74, 6) is -0.916. The van der Waals surface area contributed by atoms with E-state index in [9.17, 15) is 29.8 Å². The number of ether oxygens (including phenoxy) is 1. The van der Waals surface area contributed by atoms with Crippen molar-refractivity contribution in [2.45, 2.75) is 25.5 Å². The van der Waals surface area contributed by atoms with Gasteiger partial charge in [0.15, 0.2) is 5.17 Å². The van der Waals surface area contributed by atoms with Gasteiger partial charge in [-0.3, -0.25) is 29.8 Å².